The Labute approximate surface area is 171 Å². The molecule has 0 amide bonds. The number of anilines is 2. The number of hydrogen-bond acceptors (Lipinski definition) is 7. The number of benzene rings is 1. The van der Waals surface area contributed by atoms with Crippen LogP contribution in [0.3, 0.4) is 0 Å². The Kier molecular flexibility index (Phi) is 6.23. The molecule has 0 bridgehead atoms. The van der Waals surface area contributed by atoms with E-state index in [4.69, 9.17) is 4.74 Å². The third-order valence-electron chi connectivity index (χ3n) is 4.65. The fourth-order valence-electron chi connectivity index (χ4n) is 3.10. The summed E-state index contributed by atoms with van der Waals surface area (Å²) in [6, 6.07) is 5.64. The van der Waals surface area contributed by atoms with Crippen molar-refractivity contribution in [2.45, 2.75) is 18.7 Å². The predicted molar refractivity (Wildman–Crippen MR) is 110 cm³/mol. The second-order valence-electron chi connectivity index (χ2n) is 6.98. The van der Waals surface area contributed by atoms with Crippen LogP contribution >= 0.6 is 0 Å². The minimum Gasteiger partial charge on any atom is -0.491 e. The lowest BCUT2D eigenvalue weighted by atomic mass is 10.3. The fourth-order valence-corrected chi connectivity index (χ4v) is 4.53. The Morgan fingerprint density at radius 3 is 2.41 bits per heavy atom. The van der Waals surface area contributed by atoms with Crippen LogP contribution in [0.2, 0.25) is 0 Å². The summed E-state index contributed by atoms with van der Waals surface area (Å²) in [4.78, 5) is 12.8. The van der Waals surface area contributed by atoms with Gasteiger partial charge in [0.15, 0.2) is 11.6 Å². The van der Waals surface area contributed by atoms with E-state index in [1.54, 1.807) is 6.92 Å². The van der Waals surface area contributed by atoms with Gasteiger partial charge in [0.25, 0.3) is 0 Å². The molecule has 1 aromatic carbocycles. The van der Waals surface area contributed by atoms with Crippen LogP contribution in [0.4, 0.5) is 16.2 Å². The molecule has 0 radical (unpaired) electrons. The number of halogens is 1. The molecule has 3 rings (SSSR count). The van der Waals surface area contributed by atoms with E-state index in [0.717, 1.165) is 17.6 Å². The third kappa shape index (κ3) is 4.59. The van der Waals surface area contributed by atoms with Crippen molar-refractivity contribution in [3.63, 3.8) is 0 Å². The summed E-state index contributed by atoms with van der Waals surface area (Å²) in [7, 11) is 0.0279. The quantitative estimate of drug-likeness (QED) is 0.702. The summed E-state index contributed by atoms with van der Waals surface area (Å²) < 4.78 is 46.4. The van der Waals surface area contributed by atoms with Gasteiger partial charge in [-0.05, 0) is 32.0 Å². The zero-order valence-electron chi connectivity index (χ0n) is 17.1. The van der Waals surface area contributed by atoms with Gasteiger partial charge in [0.1, 0.15) is 5.82 Å². The summed E-state index contributed by atoms with van der Waals surface area (Å²) >= 11 is 0. The minimum absolute atomic E-state index is 0.0459. The van der Waals surface area contributed by atoms with Gasteiger partial charge < -0.3 is 14.5 Å². The third-order valence-corrected chi connectivity index (χ3v) is 6.54. The van der Waals surface area contributed by atoms with Crippen molar-refractivity contribution in [3.8, 4) is 5.75 Å². The lowest BCUT2D eigenvalue weighted by molar-refractivity contribution is 0.321. The van der Waals surface area contributed by atoms with Crippen LogP contribution < -0.4 is 14.5 Å². The molecule has 2 heterocycles. The van der Waals surface area contributed by atoms with Gasteiger partial charge in [-0.25, -0.2) is 17.8 Å². The number of ether oxygens (including phenoxy) is 1. The molecule has 0 atom stereocenters. The molecule has 2 aromatic rings. The van der Waals surface area contributed by atoms with E-state index in [-0.39, 0.29) is 23.7 Å². The van der Waals surface area contributed by atoms with E-state index >= 15 is 0 Å². The summed E-state index contributed by atoms with van der Waals surface area (Å²) in [5.74, 6) is 0.741. The first-order valence-electron chi connectivity index (χ1n) is 9.43. The molecule has 10 heteroatoms. The maximum atomic E-state index is 14.1. The largest absolute Gasteiger partial charge is 0.491 e. The molecule has 158 valence electrons. The highest BCUT2D eigenvalue weighted by Gasteiger charge is 2.30. The van der Waals surface area contributed by atoms with E-state index in [9.17, 15) is 12.8 Å². The van der Waals surface area contributed by atoms with Crippen molar-refractivity contribution >= 4 is 21.8 Å². The van der Waals surface area contributed by atoms with E-state index in [2.05, 4.69) is 9.97 Å². The standard InChI is InChI=1S/C19H26FN5O3S/c1-5-28-17-7-6-15(13-16(17)20)29(26,27)25-10-8-24(9-11-25)19-21-14(2)12-18(22-19)23(3)4/h6-7,12-13H,5,8-11H2,1-4H3. The molecule has 29 heavy (non-hydrogen) atoms. The Hall–Kier alpha value is -2.46. The second kappa shape index (κ2) is 8.50. The van der Waals surface area contributed by atoms with E-state index in [1.165, 1.54) is 16.4 Å². The number of piperazine rings is 1. The van der Waals surface area contributed by atoms with Crippen LogP contribution in [0, 0.1) is 12.7 Å². The zero-order valence-corrected chi connectivity index (χ0v) is 17.9. The van der Waals surface area contributed by atoms with Crippen LogP contribution in [0.5, 0.6) is 5.75 Å². The molecular formula is C19H26FN5O3S. The van der Waals surface area contributed by atoms with Crippen LogP contribution in [0.1, 0.15) is 12.6 Å². The molecule has 1 aliphatic rings. The molecule has 8 nitrogen and oxygen atoms in total. The molecule has 0 aliphatic carbocycles. The molecule has 1 fully saturated rings. The van der Waals surface area contributed by atoms with Crippen molar-refractivity contribution in [2.24, 2.45) is 0 Å². The minimum atomic E-state index is -3.79. The van der Waals surface area contributed by atoms with Gasteiger partial charge >= 0.3 is 0 Å². The molecule has 0 unspecified atom stereocenters. The first-order chi connectivity index (χ1) is 13.7. The van der Waals surface area contributed by atoms with Crippen LogP contribution in [-0.4, -0.2) is 69.6 Å². The van der Waals surface area contributed by atoms with Crippen molar-refractivity contribution < 1.29 is 17.5 Å². The second-order valence-corrected chi connectivity index (χ2v) is 8.92. The van der Waals surface area contributed by atoms with Gasteiger partial charge in [0, 0.05) is 52.0 Å². The normalized spacial score (nSPS) is 15.4. The molecule has 0 saturated carbocycles. The topological polar surface area (TPSA) is 78.9 Å². The van der Waals surface area contributed by atoms with Gasteiger partial charge in [-0.3, -0.25) is 0 Å². The van der Waals surface area contributed by atoms with Gasteiger partial charge in [-0.15, -0.1) is 0 Å². The maximum absolute atomic E-state index is 14.1. The molecule has 0 N–H and O–H groups in total. The van der Waals surface area contributed by atoms with Crippen molar-refractivity contribution in [1.29, 1.82) is 0 Å². The molecular weight excluding hydrogens is 397 g/mol. The fraction of sp³-hybridized carbons (Fsp3) is 0.474. The lowest BCUT2D eigenvalue weighted by Crippen LogP contribution is -2.49. The summed E-state index contributed by atoms with van der Waals surface area (Å²) in [5.41, 5.74) is 0.846. The van der Waals surface area contributed by atoms with E-state index in [0.29, 0.717) is 25.6 Å². The van der Waals surface area contributed by atoms with Crippen molar-refractivity contribution in [2.75, 3.05) is 56.7 Å². The highest BCUT2D eigenvalue weighted by Crippen LogP contribution is 2.25. The summed E-state index contributed by atoms with van der Waals surface area (Å²) in [6.45, 7) is 5.39. The van der Waals surface area contributed by atoms with E-state index < -0.39 is 15.8 Å². The number of aromatic nitrogens is 2. The van der Waals surface area contributed by atoms with Crippen molar-refractivity contribution in [1.82, 2.24) is 14.3 Å². The lowest BCUT2D eigenvalue weighted by Gasteiger charge is -2.34. The molecule has 0 spiro atoms. The monoisotopic (exact) mass is 423 g/mol. The van der Waals surface area contributed by atoms with Gasteiger partial charge in [0.2, 0.25) is 16.0 Å². The highest BCUT2D eigenvalue weighted by atomic mass is 32.2. The molecule has 1 aromatic heterocycles. The smallest absolute Gasteiger partial charge is 0.243 e. The Bertz CT molecular complexity index is 976. The summed E-state index contributed by atoms with van der Waals surface area (Å²) in [6.07, 6.45) is 0. The number of nitrogens with zero attached hydrogens (tertiary/aromatic N) is 5. The Morgan fingerprint density at radius 1 is 1.14 bits per heavy atom. The molecule has 1 aliphatic heterocycles. The summed E-state index contributed by atoms with van der Waals surface area (Å²) in [5, 5.41) is 0. The zero-order chi connectivity index (χ0) is 21.2. The van der Waals surface area contributed by atoms with E-state index in [1.807, 2.05) is 36.9 Å². The Balaban J connectivity index is 1.74. The maximum Gasteiger partial charge on any atom is 0.243 e. The number of sulfonamides is 1. The first-order valence-corrected chi connectivity index (χ1v) is 10.9. The van der Waals surface area contributed by atoms with Gasteiger partial charge in [-0.2, -0.15) is 9.29 Å². The van der Waals surface area contributed by atoms with Crippen LogP contribution in [0.25, 0.3) is 0 Å². The molecule has 1 saturated heterocycles. The van der Waals surface area contributed by atoms with Crippen LogP contribution in [-0.2, 0) is 10.0 Å². The van der Waals surface area contributed by atoms with Crippen LogP contribution in [0.15, 0.2) is 29.2 Å². The van der Waals surface area contributed by atoms with Gasteiger partial charge in [-0.1, -0.05) is 0 Å². The Morgan fingerprint density at radius 2 is 1.83 bits per heavy atom. The first kappa shape index (κ1) is 21.3. The number of rotatable bonds is 6. The average molecular weight is 424 g/mol. The highest BCUT2D eigenvalue weighted by molar-refractivity contribution is 7.89. The van der Waals surface area contributed by atoms with Crippen molar-refractivity contribution in [3.05, 3.63) is 35.8 Å². The SMILES string of the molecule is CCOc1ccc(S(=O)(=O)N2CCN(c3nc(C)cc(N(C)C)n3)CC2)cc1F. The van der Waals surface area contributed by atoms with Gasteiger partial charge in [0.05, 0.1) is 11.5 Å². The average Bonchev–Trinajstić information content (AvgIpc) is 2.69. The number of aryl methyl sites for hydroxylation is 1. The number of hydrogen-bond donors (Lipinski definition) is 0. The predicted octanol–water partition coefficient (Wildman–Crippen LogP) is 1.90.